The number of hydrogen-bond donors (Lipinski definition) is 1. The van der Waals surface area contributed by atoms with E-state index in [1.807, 2.05) is 12.1 Å². The average molecular weight is 287 g/mol. The van der Waals surface area contributed by atoms with Crippen LogP contribution in [-0.4, -0.2) is 31.1 Å². The maximum absolute atomic E-state index is 5.92. The Morgan fingerprint density at radius 1 is 0.850 bits per heavy atom. The molecule has 0 unspecified atom stereocenters. The first-order valence-electron chi connectivity index (χ1n) is 7.09. The van der Waals surface area contributed by atoms with E-state index in [9.17, 15) is 0 Å². The maximum Gasteiger partial charge on any atom is 0.0406 e. The van der Waals surface area contributed by atoms with E-state index in [1.54, 1.807) is 0 Å². The molecule has 20 heavy (non-hydrogen) atoms. The van der Waals surface area contributed by atoms with Gasteiger partial charge in [0.15, 0.2) is 0 Å². The summed E-state index contributed by atoms with van der Waals surface area (Å²) in [5.41, 5.74) is 3.83. The van der Waals surface area contributed by atoms with Gasteiger partial charge in [0.25, 0.3) is 0 Å². The van der Waals surface area contributed by atoms with Gasteiger partial charge in [0, 0.05) is 37.7 Å². The molecule has 1 fully saturated rings. The smallest absolute Gasteiger partial charge is 0.0406 e. The van der Waals surface area contributed by atoms with E-state index in [0.29, 0.717) is 0 Å². The largest absolute Gasteiger partial charge is 0.314 e. The lowest BCUT2D eigenvalue weighted by Gasteiger charge is -2.27. The molecule has 1 N–H and O–H groups in total. The van der Waals surface area contributed by atoms with E-state index in [0.717, 1.165) is 37.7 Å². The first-order chi connectivity index (χ1) is 9.81. The minimum Gasteiger partial charge on any atom is -0.314 e. The molecule has 1 aliphatic heterocycles. The molecule has 104 valence electrons. The van der Waals surface area contributed by atoms with E-state index >= 15 is 0 Å². The van der Waals surface area contributed by atoms with Crippen molar-refractivity contribution in [1.82, 2.24) is 10.2 Å². The number of rotatable bonds is 3. The lowest BCUT2D eigenvalue weighted by Crippen LogP contribution is -2.42. The zero-order chi connectivity index (χ0) is 13.8. The molecule has 0 radical (unpaired) electrons. The van der Waals surface area contributed by atoms with Crippen molar-refractivity contribution in [2.45, 2.75) is 6.54 Å². The molecule has 0 amide bonds. The monoisotopic (exact) mass is 286 g/mol. The number of hydrogen-bond acceptors (Lipinski definition) is 2. The molecular formula is C17H19ClN2. The minimum absolute atomic E-state index is 0.782. The van der Waals surface area contributed by atoms with E-state index in [-0.39, 0.29) is 0 Å². The first-order valence-corrected chi connectivity index (χ1v) is 7.47. The highest BCUT2D eigenvalue weighted by molar-refractivity contribution is 6.30. The van der Waals surface area contributed by atoms with Crippen LogP contribution in [0.3, 0.4) is 0 Å². The van der Waals surface area contributed by atoms with Gasteiger partial charge in [-0.3, -0.25) is 4.90 Å². The Bertz CT molecular complexity index is 542. The Hall–Kier alpha value is -1.35. The van der Waals surface area contributed by atoms with Gasteiger partial charge in [0.1, 0.15) is 0 Å². The fourth-order valence-corrected chi connectivity index (χ4v) is 2.70. The van der Waals surface area contributed by atoms with Crippen LogP contribution in [0, 0.1) is 0 Å². The fourth-order valence-electron chi connectivity index (χ4n) is 2.57. The summed E-state index contributed by atoms with van der Waals surface area (Å²) in [5.74, 6) is 0. The van der Waals surface area contributed by atoms with Crippen molar-refractivity contribution in [3.8, 4) is 11.1 Å². The number of benzene rings is 2. The molecular weight excluding hydrogens is 268 g/mol. The molecule has 0 atom stereocenters. The highest BCUT2D eigenvalue weighted by Crippen LogP contribution is 2.22. The van der Waals surface area contributed by atoms with Crippen LogP contribution in [-0.2, 0) is 6.54 Å². The summed E-state index contributed by atoms with van der Waals surface area (Å²) in [4.78, 5) is 2.49. The van der Waals surface area contributed by atoms with Gasteiger partial charge in [0.05, 0.1) is 0 Å². The molecule has 1 heterocycles. The Kier molecular flexibility index (Phi) is 4.36. The summed E-state index contributed by atoms with van der Waals surface area (Å²) < 4.78 is 0. The summed E-state index contributed by atoms with van der Waals surface area (Å²) in [6.45, 7) is 5.52. The summed E-state index contributed by atoms with van der Waals surface area (Å²) in [6, 6.07) is 16.8. The zero-order valence-corrected chi connectivity index (χ0v) is 12.2. The van der Waals surface area contributed by atoms with Gasteiger partial charge in [-0.2, -0.15) is 0 Å². The number of halogens is 1. The molecule has 0 spiro atoms. The zero-order valence-electron chi connectivity index (χ0n) is 11.5. The SMILES string of the molecule is Clc1ccc(-c2ccc(CN3CCNCC3)cc2)cc1. The highest BCUT2D eigenvalue weighted by atomic mass is 35.5. The van der Waals surface area contributed by atoms with Gasteiger partial charge < -0.3 is 5.32 Å². The van der Waals surface area contributed by atoms with E-state index in [4.69, 9.17) is 11.6 Å². The van der Waals surface area contributed by atoms with Crippen molar-refractivity contribution in [2.75, 3.05) is 26.2 Å². The van der Waals surface area contributed by atoms with Gasteiger partial charge >= 0.3 is 0 Å². The summed E-state index contributed by atoms with van der Waals surface area (Å²) in [7, 11) is 0. The van der Waals surface area contributed by atoms with E-state index < -0.39 is 0 Å². The molecule has 2 aromatic rings. The Morgan fingerprint density at radius 2 is 1.40 bits per heavy atom. The van der Waals surface area contributed by atoms with Gasteiger partial charge in [0.2, 0.25) is 0 Å². The van der Waals surface area contributed by atoms with Crippen molar-refractivity contribution in [1.29, 1.82) is 0 Å². The van der Waals surface area contributed by atoms with Crippen LogP contribution in [0.5, 0.6) is 0 Å². The van der Waals surface area contributed by atoms with Gasteiger partial charge in [-0.15, -0.1) is 0 Å². The highest BCUT2D eigenvalue weighted by Gasteiger charge is 2.09. The molecule has 3 rings (SSSR count). The van der Waals surface area contributed by atoms with Gasteiger partial charge in [-0.25, -0.2) is 0 Å². The van der Waals surface area contributed by atoms with Crippen LogP contribution in [0.1, 0.15) is 5.56 Å². The predicted molar refractivity (Wildman–Crippen MR) is 85.0 cm³/mol. The van der Waals surface area contributed by atoms with Crippen LogP contribution >= 0.6 is 11.6 Å². The molecule has 0 bridgehead atoms. The molecule has 2 aromatic carbocycles. The van der Waals surface area contributed by atoms with Crippen LogP contribution in [0.15, 0.2) is 48.5 Å². The third-order valence-corrected chi connectivity index (χ3v) is 4.00. The molecule has 3 heteroatoms. The Labute approximate surface area is 125 Å². The fraction of sp³-hybridized carbons (Fsp3) is 0.294. The third kappa shape index (κ3) is 3.40. The van der Waals surface area contributed by atoms with Crippen LogP contribution in [0.2, 0.25) is 5.02 Å². The number of piperazine rings is 1. The van der Waals surface area contributed by atoms with Crippen molar-refractivity contribution in [3.63, 3.8) is 0 Å². The van der Waals surface area contributed by atoms with Crippen molar-refractivity contribution in [3.05, 3.63) is 59.1 Å². The standard InChI is InChI=1S/C17H19ClN2/c18-17-7-5-16(6-8-17)15-3-1-14(2-4-15)13-20-11-9-19-10-12-20/h1-8,19H,9-13H2. The topological polar surface area (TPSA) is 15.3 Å². The molecule has 1 aliphatic rings. The van der Waals surface area contributed by atoms with Crippen molar-refractivity contribution >= 4 is 11.6 Å². The summed E-state index contributed by atoms with van der Waals surface area (Å²) in [5, 5.41) is 4.16. The lowest BCUT2D eigenvalue weighted by atomic mass is 10.0. The molecule has 1 saturated heterocycles. The Morgan fingerprint density at radius 3 is 2.00 bits per heavy atom. The summed E-state index contributed by atoms with van der Waals surface area (Å²) >= 11 is 5.92. The minimum atomic E-state index is 0.782. The summed E-state index contributed by atoms with van der Waals surface area (Å²) in [6.07, 6.45) is 0. The number of nitrogens with zero attached hydrogens (tertiary/aromatic N) is 1. The Balaban J connectivity index is 1.69. The molecule has 0 aliphatic carbocycles. The number of nitrogens with one attached hydrogen (secondary N) is 1. The van der Waals surface area contributed by atoms with Crippen LogP contribution in [0.25, 0.3) is 11.1 Å². The van der Waals surface area contributed by atoms with Gasteiger partial charge in [-0.1, -0.05) is 48.0 Å². The average Bonchev–Trinajstić information content (AvgIpc) is 2.50. The molecule has 0 saturated carbocycles. The van der Waals surface area contributed by atoms with E-state index in [2.05, 4.69) is 46.6 Å². The van der Waals surface area contributed by atoms with Crippen LogP contribution in [0.4, 0.5) is 0 Å². The second-order valence-electron chi connectivity index (χ2n) is 5.23. The maximum atomic E-state index is 5.92. The van der Waals surface area contributed by atoms with Crippen molar-refractivity contribution < 1.29 is 0 Å². The third-order valence-electron chi connectivity index (χ3n) is 3.75. The molecule has 0 aromatic heterocycles. The lowest BCUT2D eigenvalue weighted by molar-refractivity contribution is 0.233. The predicted octanol–water partition coefficient (Wildman–Crippen LogP) is 3.41. The quantitative estimate of drug-likeness (QED) is 0.930. The normalized spacial score (nSPS) is 16.2. The first kappa shape index (κ1) is 13.6. The van der Waals surface area contributed by atoms with Crippen LogP contribution < -0.4 is 5.32 Å². The second-order valence-corrected chi connectivity index (χ2v) is 5.67. The van der Waals surface area contributed by atoms with Crippen molar-refractivity contribution in [2.24, 2.45) is 0 Å². The van der Waals surface area contributed by atoms with E-state index in [1.165, 1.54) is 16.7 Å². The van der Waals surface area contributed by atoms with Gasteiger partial charge in [-0.05, 0) is 28.8 Å². The second kappa shape index (κ2) is 6.40. The molecule has 2 nitrogen and oxygen atoms in total.